The molecule has 6 rings (SSSR count). The van der Waals surface area contributed by atoms with E-state index >= 15 is 0 Å². The molecule has 6 aromatic rings. The van der Waals surface area contributed by atoms with E-state index in [0.717, 1.165) is 51.8 Å². The molecule has 0 saturated carbocycles. The van der Waals surface area contributed by atoms with Gasteiger partial charge in [0.2, 0.25) is 0 Å². The summed E-state index contributed by atoms with van der Waals surface area (Å²) in [6.07, 6.45) is 5.77. The van der Waals surface area contributed by atoms with Gasteiger partial charge in [-0.1, -0.05) is 80.9 Å². The third-order valence-corrected chi connectivity index (χ3v) is 6.84. The molecule has 0 aliphatic heterocycles. The fourth-order valence-corrected chi connectivity index (χ4v) is 4.80. The summed E-state index contributed by atoms with van der Waals surface area (Å²) in [7, 11) is 0. The van der Waals surface area contributed by atoms with Gasteiger partial charge in [-0.2, -0.15) is 0 Å². The van der Waals surface area contributed by atoms with E-state index in [2.05, 4.69) is 66.3 Å². The fourth-order valence-electron chi connectivity index (χ4n) is 4.80. The van der Waals surface area contributed by atoms with Crippen molar-refractivity contribution in [2.45, 2.75) is 32.6 Å². The van der Waals surface area contributed by atoms with E-state index in [1.165, 1.54) is 0 Å². The number of fused-ring (bicyclic) bond motifs is 1. The zero-order valence-corrected chi connectivity index (χ0v) is 22.0. The summed E-state index contributed by atoms with van der Waals surface area (Å²) in [6.45, 7) is 4.40. The molecule has 1 atom stereocenters. The van der Waals surface area contributed by atoms with Crippen LogP contribution in [-0.2, 0) is 0 Å². The topological polar surface area (TPSA) is 77.3 Å². The molecule has 0 amide bonds. The molecular weight excluding hydrogens is 480 g/mol. The molecule has 0 aliphatic carbocycles. The minimum atomic E-state index is 0.364. The number of benzene rings is 2. The maximum absolute atomic E-state index is 4.93. The van der Waals surface area contributed by atoms with Gasteiger partial charge in [0, 0.05) is 34.6 Å². The van der Waals surface area contributed by atoms with Crippen LogP contribution in [-0.4, -0.2) is 29.9 Å². The van der Waals surface area contributed by atoms with Crippen LogP contribution in [0.1, 0.15) is 38.3 Å². The molecule has 1 unspecified atom stereocenters. The van der Waals surface area contributed by atoms with Crippen molar-refractivity contribution in [1.29, 1.82) is 0 Å². The third kappa shape index (κ3) is 5.14. The Kier molecular flexibility index (Phi) is 6.83. The second-order valence-electron chi connectivity index (χ2n) is 9.62. The Morgan fingerprint density at radius 2 is 1.28 bits per heavy atom. The highest BCUT2D eigenvalue weighted by atomic mass is 15.1. The van der Waals surface area contributed by atoms with Crippen LogP contribution < -0.4 is 0 Å². The molecule has 0 fully saturated rings. The Morgan fingerprint density at radius 1 is 0.590 bits per heavy atom. The van der Waals surface area contributed by atoms with Crippen LogP contribution in [0.25, 0.3) is 56.5 Å². The van der Waals surface area contributed by atoms with Gasteiger partial charge in [-0.15, -0.1) is 0 Å². The molecule has 2 aromatic carbocycles. The molecule has 0 saturated heterocycles. The Bertz CT molecular complexity index is 1730. The van der Waals surface area contributed by atoms with Gasteiger partial charge in [-0.05, 0) is 48.2 Å². The molecule has 6 nitrogen and oxygen atoms in total. The Balaban J connectivity index is 1.43. The van der Waals surface area contributed by atoms with Crippen molar-refractivity contribution in [1.82, 2.24) is 29.9 Å². The highest BCUT2D eigenvalue weighted by Crippen LogP contribution is 2.30. The SMILES string of the molecule is CCCC(C)c1cccc(-c2nc(-c3ccc(-c4cccc5cccnc45)cc3)nc(-c3ccccn3)n2)n1. The predicted octanol–water partition coefficient (Wildman–Crippen LogP) is 7.78. The molecule has 4 aromatic heterocycles. The summed E-state index contributed by atoms with van der Waals surface area (Å²) in [5.74, 6) is 2.00. The van der Waals surface area contributed by atoms with Crippen LogP contribution in [0.4, 0.5) is 0 Å². The molecular formula is C33H28N6. The summed E-state index contributed by atoms with van der Waals surface area (Å²) in [5, 5.41) is 1.11. The second-order valence-corrected chi connectivity index (χ2v) is 9.62. The van der Waals surface area contributed by atoms with Gasteiger partial charge in [-0.25, -0.2) is 19.9 Å². The zero-order chi connectivity index (χ0) is 26.6. The van der Waals surface area contributed by atoms with Gasteiger partial charge in [0.05, 0.1) is 5.52 Å². The number of rotatable bonds is 7. The average Bonchev–Trinajstić information content (AvgIpc) is 3.01. The Hall–Kier alpha value is -4.84. The lowest BCUT2D eigenvalue weighted by atomic mass is 10.0. The van der Waals surface area contributed by atoms with Crippen LogP contribution >= 0.6 is 0 Å². The van der Waals surface area contributed by atoms with Gasteiger partial charge < -0.3 is 0 Å². The van der Waals surface area contributed by atoms with E-state index in [1.54, 1.807) is 6.20 Å². The van der Waals surface area contributed by atoms with Gasteiger partial charge >= 0.3 is 0 Å². The molecule has 39 heavy (non-hydrogen) atoms. The van der Waals surface area contributed by atoms with Crippen molar-refractivity contribution in [3.63, 3.8) is 0 Å². The first-order valence-electron chi connectivity index (χ1n) is 13.3. The van der Waals surface area contributed by atoms with Crippen molar-refractivity contribution in [2.24, 2.45) is 0 Å². The van der Waals surface area contributed by atoms with E-state index in [4.69, 9.17) is 19.9 Å². The van der Waals surface area contributed by atoms with Crippen molar-refractivity contribution in [2.75, 3.05) is 0 Å². The fraction of sp³-hybridized carbons (Fsp3) is 0.152. The number of hydrogen-bond donors (Lipinski definition) is 0. The lowest BCUT2D eigenvalue weighted by Crippen LogP contribution is -2.04. The molecule has 190 valence electrons. The summed E-state index contributed by atoms with van der Waals surface area (Å²) in [5.41, 5.74) is 6.52. The number of para-hydroxylation sites is 1. The Morgan fingerprint density at radius 3 is 2.08 bits per heavy atom. The van der Waals surface area contributed by atoms with Crippen LogP contribution in [0.3, 0.4) is 0 Å². The van der Waals surface area contributed by atoms with Crippen LogP contribution in [0, 0.1) is 0 Å². The molecule has 0 spiro atoms. The first kappa shape index (κ1) is 24.5. The molecule has 6 heteroatoms. The maximum atomic E-state index is 4.93. The van der Waals surface area contributed by atoms with Crippen molar-refractivity contribution >= 4 is 10.9 Å². The van der Waals surface area contributed by atoms with Gasteiger partial charge in [0.1, 0.15) is 11.4 Å². The van der Waals surface area contributed by atoms with Gasteiger partial charge in [0.15, 0.2) is 17.5 Å². The molecule has 0 radical (unpaired) electrons. The molecule has 0 aliphatic rings. The molecule has 4 heterocycles. The summed E-state index contributed by atoms with van der Waals surface area (Å²) < 4.78 is 0. The largest absolute Gasteiger partial charge is 0.256 e. The van der Waals surface area contributed by atoms with Crippen molar-refractivity contribution in [3.8, 4) is 45.6 Å². The van der Waals surface area contributed by atoms with Crippen LogP contribution in [0.15, 0.2) is 103 Å². The highest BCUT2D eigenvalue weighted by Gasteiger charge is 2.15. The standard InChI is InChI=1S/C33H28N6/c1-3-9-22(2)27-14-7-15-29(36-27)33-38-31(37-32(39-33)28-13-4-5-20-34-28)25-18-16-23(17-19-25)26-12-6-10-24-11-8-21-35-30(24)26/h4-8,10-22H,3,9H2,1-2H3. The summed E-state index contributed by atoms with van der Waals surface area (Å²) in [6, 6.07) is 30.4. The average molecular weight is 509 g/mol. The highest BCUT2D eigenvalue weighted by molar-refractivity contribution is 5.93. The van der Waals surface area contributed by atoms with E-state index in [0.29, 0.717) is 29.1 Å². The monoisotopic (exact) mass is 508 g/mol. The number of hydrogen-bond acceptors (Lipinski definition) is 6. The second kappa shape index (κ2) is 10.9. The van der Waals surface area contributed by atoms with Gasteiger partial charge in [0.25, 0.3) is 0 Å². The van der Waals surface area contributed by atoms with E-state index < -0.39 is 0 Å². The number of nitrogens with zero attached hydrogens (tertiary/aromatic N) is 6. The zero-order valence-electron chi connectivity index (χ0n) is 22.0. The smallest absolute Gasteiger partial charge is 0.182 e. The molecule has 0 bridgehead atoms. The predicted molar refractivity (Wildman–Crippen MR) is 156 cm³/mol. The van der Waals surface area contributed by atoms with Gasteiger partial charge in [-0.3, -0.25) is 9.97 Å². The van der Waals surface area contributed by atoms with E-state index in [-0.39, 0.29) is 0 Å². The number of aromatic nitrogens is 6. The first-order valence-corrected chi connectivity index (χ1v) is 13.3. The first-order chi connectivity index (χ1) is 19.2. The molecule has 0 N–H and O–H groups in total. The van der Waals surface area contributed by atoms with E-state index in [9.17, 15) is 0 Å². The van der Waals surface area contributed by atoms with Crippen molar-refractivity contribution in [3.05, 3.63) is 109 Å². The quantitative estimate of drug-likeness (QED) is 0.219. The lowest BCUT2D eigenvalue weighted by molar-refractivity contribution is 0.648. The summed E-state index contributed by atoms with van der Waals surface area (Å²) in [4.78, 5) is 28.5. The minimum absolute atomic E-state index is 0.364. The van der Waals surface area contributed by atoms with E-state index in [1.807, 2.05) is 54.7 Å². The summed E-state index contributed by atoms with van der Waals surface area (Å²) >= 11 is 0. The maximum Gasteiger partial charge on any atom is 0.182 e. The minimum Gasteiger partial charge on any atom is -0.256 e. The lowest BCUT2D eigenvalue weighted by Gasteiger charge is -2.12. The Labute approximate surface area is 227 Å². The number of pyridine rings is 3. The van der Waals surface area contributed by atoms with Crippen LogP contribution in [0.2, 0.25) is 0 Å². The van der Waals surface area contributed by atoms with Crippen LogP contribution in [0.5, 0.6) is 0 Å². The third-order valence-electron chi connectivity index (χ3n) is 6.84. The normalized spacial score (nSPS) is 11.9. The van der Waals surface area contributed by atoms with Crippen molar-refractivity contribution < 1.29 is 0 Å².